The molecule has 0 saturated carbocycles. The molecule has 36 heavy (non-hydrogen) atoms. The van der Waals surface area contributed by atoms with Crippen molar-refractivity contribution in [3.63, 3.8) is 0 Å². The van der Waals surface area contributed by atoms with E-state index in [1.165, 1.54) is 43.5 Å². The summed E-state index contributed by atoms with van der Waals surface area (Å²) in [6, 6.07) is 7.75. The lowest BCUT2D eigenvalue weighted by Gasteiger charge is -2.31. The lowest BCUT2D eigenvalue weighted by molar-refractivity contribution is -0.145. The van der Waals surface area contributed by atoms with Gasteiger partial charge >= 0.3 is 5.97 Å². The van der Waals surface area contributed by atoms with Crippen molar-refractivity contribution in [1.29, 1.82) is 0 Å². The zero-order chi connectivity index (χ0) is 27.0. The van der Waals surface area contributed by atoms with Crippen LogP contribution in [0.25, 0.3) is 0 Å². The maximum absolute atomic E-state index is 14.8. The number of benzene rings is 2. The minimum Gasteiger partial charge on any atom is -0.467 e. The molecule has 11 heteroatoms. The second-order valence-electron chi connectivity index (χ2n) is 8.86. The van der Waals surface area contributed by atoms with Crippen LogP contribution >= 0.6 is 23.2 Å². The Kier molecular flexibility index (Phi) is 11.0. The molecule has 7 nitrogen and oxygen atoms in total. The van der Waals surface area contributed by atoms with Gasteiger partial charge in [0.1, 0.15) is 11.9 Å². The van der Waals surface area contributed by atoms with Gasteiger partial charge in [-0.1, -0.05) is 37.0 Å². The van der Waals surface area contributed by atoms with E-state index >= 15 is 0 Å². The molecule has 0 saturated heterocycles. The molecule has 0 radical (unpaired) electrons. The number of nitrogens with zero attached hydrogens (tertiary/aromatic N) is 1. The van der Waals surface area contributed by atoms with E-state index in [4.69, 9.17) is 27.9 Å². The Balaban J connectivity index is 2.22. The number of methoxy groups -OCH3 is 1. The van der Waals surface area contributed by atoms with Crippen molar-refractivity contribution in [3.8, 4) is 0 Å². The number of carbonyl (C=O) groups excluding carboxylic acids is 2. The molecule has 0 aliphatic rings. The average molecular weight is 562 g/mol. The molecule has 2 aromatic carbocycles. The first-order valence-electron chi connectivity index (χ1n) is 11.5. The number of carbonyl (C=O) groups is 2. The van der Waals surface area contributed by atoms with Crippen LogP contribution in [0.4, 0.5) is 10.1 Å². The van der Waals surface area contributed by atoms with Crippen molar-refractivity contribution >= 4 is 50.8 Å². The Bertz CT molecular complexity index is 1160. The summed E-state index contributed by atoms with van der Waals surface area (Å²) in [5.41, 5.74) is -0.197. The molecule has 0 aliphatic heterocycles. The van der Waals surface area contributed by atoms with Gasteiger partial charge < -0.3 is 10.1 Å². The lowest BCUT2D eigenvalue weighted by Crippen LogP contribution is -2.42. The summed E-state index contributed by atoms with van der Waals surface area (Å²) >= 11 is 12.0. The summed E-state index contributed by atoms with van der Waals surface area (Å²) in [6.45, 7) is 5.48. The van der Waals surface area contributed by atoms with E-state index in [-0.39, 0.29) is 46.7 Å². The maximum atomic E-state index is 14.8. The Morgan fingerprint density at radius 1 is 1.06 bits per heavy atom. The van der Waals surface area contributed by atoms with Crippen molar-refractivity contribution in [3.05, 3.63) is 58.3 Å². The first kappa shape index (κ1) is 29.9. The normalized spacial score (nSPS) is 13.2. The van der Waals surface area contributed by atoms with Gasteiger partial charge in [-0.2, -0.15) is 0 Å². The van der Waals surface area contributed by atoms with Gasteiger partial charge in [-0.05, 0) is 74.6 Å². The molecule has 1 amide bonds. The molecule has 0 aliphatic carbocycles. The summed E-state index contributed by atoms with van der Waals surface area (Å²) in [4.78, 5) is 24.4. The zero-order valence-corrected chi connectivity index (χ0v) is 23.0. The first-order valence-corrected chi connectivity index (χ1v) is 13.7. The fourth-order valence-electron chi connectivity index (χ4n) is 3.75. The highest BCUT2D eigenvalue weighted by molar-refractivity contribution is 7.92. The van der Waals surface area contributed by atoms with Crippen molar-refractivity contribution in [2.75, 3.05) is 11.4 Å². The number of sulfonamides is 1. The summed E-state index contributed by atoms with van der Waals surface area (Å²) in [5, 5.41) is 3.21. The minimum absolute atomic E-state index is 0.0444. The fourth-order valence-corrected chi connectivity index (χ4v) is 5.73. The maximum Gasteiger partial charge on any atom is 0.328 e. The van der Waals surface area contributed by atoms with E-state index in [1.54, 1.807) is 6.92 Å². The molecule has 2 aromatic rings. The number of amides is 1. The first-order chi connectivity index (χ1) is 16.9. The van der Waals surface area contributed by atoms with Gasteiger partial charge in [0.15, 0.2) is 0 Å². The standard InChI is InChI=1S/C25H31Cl2FN2O5S/c1-16(2)14-22(25(32)35-4)29-24(31)7-5-6-17(3)30(23-15-19(27)10-13-21(23)28)36(33,34)20-11-8-18(26)9-12-20/h8-13,15-17,22H,5-7,14H2,1-4H3,(H,29,31)/t17-,22-/m1/s1. The van der Waals surface area contributed by atoms with Gasteiger partial charge in [0, 0.05) is 22.5 Å². The van der Waals surface area contributed by atoms with Crippen molar-refractivity contribution in [2.45, 2.75) is 63.4 Å². The summed E-state index contributed by atoms with van der Waals surface area (Å²) in [5.74, 6) is -1.48. The van der Waals surface area contributed by atoms with Crippen LogP contribution in [0, 0.1) is 11.7 Å². The molecule has 0 bridgehead atoms. The van der Waals surface area contributed by atoms with Crippen LogP contribution < -0.4 is 9.62 Å². The van der Waals surface area contributed by atoms with E-state index in [9.17, 15) is 22.4 Å². The van der Waals surface area contributed by atoms with Gasteiger partial charge in [-0.25, -0.2) is 17.6 Å². The second-order valence-corrected chi connectivity index (χ2v) is 11.6. The molecule has 2 atom stereocenters. The molecular formula is C25H31Cl2FN2O5S. The Morgan fingerprint density at radius 2 is 1.67 bits per heavy atom. The third-order valence-electron chi connectivity index (χ3n) is 5.47. The predicted molar refractivity (Wildman–Crippen MR) is 139 cm³/mol. The average Bonchev–Trinajstić information content (AvgIpc) is 2.80. The molecule has 0 heterocycles. The van der Waals surface area contributed by atoms with Crippen LogP contribution in [-0.2, 0) is 24.3 Å². The van der Waals surface area contributed by atoms with E-state index in [0.29, 0.717) is 11.4 Å². The number of rotatable bonds is 12. The molecule has 198 valence electrons. The Hall–Kier alpha value is -2.36. The highest BCUT2D eigenvalue weighted by Gasteiger charge is 2.32. The van der Waals surface area contributed by atoms with Gasteiger partial charge in [-0.3, -0.25) is 9.10 Å². The largest absolute Gasteiger partial charge is 0.467 e. The van der Waals surface area contributed by atoms with Gasteiger partial charge in [0.05, 0.1) is 17.7 Å². The predicted octanol–water partition coefficient (Wildman–Crippen LogP) is 5.59. The second kappa shape index (κ2) is 13.3. The van der Waals surface area contributed by atoms with Crippen molar-refractivity contribution in [1.82, 2.24) is 5.32 Å². The van der Waals surface area contributed by atoms with Crippen LogP contribution in [-0.4, -0.2) is 39.5 Å². The molecule has 0 unspecified atom stereocenters. The van der Waals surface area contributed by atoms with Crippen LogP contribution in [0.1, 0.15) is 46.5 Å². The minimum atomic E-state index is -4.19. The monoisotopic (exact) mass is 560 g/mol. The summed E-state index contributed by atoms with van der Waals surface area (Å²) in [7, 11) is -2.93. The van der Waals surface area contributed by atoms with Crippen LogP contribution in [0.15, 0.2) is 47.4 Å². The molecule has 0 fully saturated rings. The van der Waals surface area contributed by atoms with E-state index in [0.717, 1.165) is 10.4 Å². The molecule has 1 N–H and O–H groups in total. The number of esters is 1. The van der Waals surface area contributed by atoms with Crippen LogP contribution in [0.3, 0.4) is 0 Å². The molecule has 2 rings (SSSR count). The van der Waals surface area contributed by atoms with E-state index in [2.05, 4.69) is 5.32 Å². The molecular weight excluding hydrogens is 530 g/mol. The highest BCUT2D eigenvalue weighted by Crippen LogP contribution is 2.32. The number of halogens is 3. The fraction of sp³-hybridized carbons (Fsp3) is 0.440. The number of nitrogens with one attached hydrogen (secondary N) is 1. The smallest absolute Gasteiger partial charge is 0.328 e. The Morgan fingerprint density at radius 3 is 2.25 bits per heavy atom. The number of hydrogen-bond acceptors (Lipinski definition) is 5. The SMILES string of the molecule is COC(=O)[C@@H](CC(C)C)NC(=O)CCC[C@@H](C)N(c1cc(Cl)ccc1F)S(=O)(=O)c1ccc(Cl)cc1. The molecule has 0 aromatic heterocycles. The van der Waals surface area contributed by atoms with E-state index in [1.807, 2.05) is 13.8 Å². The number of ether oxygens (including phenoxy) is 1. The van der Waals surface area contributed by atoms with Crippen LogP contribution in [0.5, 0.6) is 0 Å². The topological polar surface area (TPSA) is 92.8 Å². The third kappa shape index (κ3) is 8.08. The van der Waals surface area contributed by atoms with Crippen LogP contribution in [0.2, 0.25) is 10.0 Å². The highest BCUT2D eigenvalue weighted by atomic mass is 35.5. The molecule has 0 spiro atoms. The summed E-state index contributed by atoms with van der Waals surface area (Å²) < 4.78 is 47.6. The Labute approximate surface area is 222 Å². The van der Waals surface area contributed by atoms with Crippen molar-refractivity contribution in [2.24, 2.45) is 5.92 Å². The number of hydrogen-bond donors (Lipinski definition) is 1. The van der Waals surface area contributed by atoms with Gasteiger partial charge in [0.25, 0.3) is 10.0 Å². The zero-order valence-electron chi connectivity index (χ0n) is 20.6. The summed E-state index contributed by atoms with van der Waals surface area (Å²) in [6.07, 6.45) is 0.995. The third-order valence-corrected chi connectivity index (χ3v) is 7.90. The van der Waals surface area contributed by atoms with Gasteiger partial charge in [0.2, 0.25) is 5.91 Å². The van der Waals surface area contributed by atoms with E-state index < -0.39 is 33.9 Å². The van der Waals surface area contributed by atoms with Crippen molar-refractivity contribution < 1.29 is 27.1 Å². The number of anilines is 1. The quantitative estimate of drug-likeness (QED) is 0.341. The lowest BCUT2D eigenvalue weighted by atomic mass is 10.0. The van der Waals surface area contributed by atoms with Gasteiger partial charge in [-0.15, -0.1) is 0 Å².